The van der Waals surface area contributed by atoms with Crippen LogP contribution in [0.3, 0.4) is 0 Å². The molecule has 0 bridgehead atoms. The highest BCUT2D eigenvalue weighted by atomic mass is 16.5. The summed E-state index contributed by atoms with van der Waals surface area (Å²) in [7, 11) is 0. The van der Waals surface area contributed by atoms with Crippen molar-refractivity contribution in [3.05, 3.63) is 30.1 Å². The second-order valence-corrected chi connectivity index (χ2v) is 4.21. The van der Waals surface area contributed by atoms with Gasteiger partial charge in [0.05, 0.1) is 0 Å². The Bertz CT molecular complexity index is 502. The average molecular weight is 215 g/mol. The van der Waals surface area contributed by atoms with Crippen molar-refractivity contribution in [1.29, 1.82) is 0 Å². The summed E-state index contributed by atoms with van der Waals surface area (Å²) < 4.78 is 5.25. The lowest BCUT2D eigenvalue weighted by atomic mass is 9.85. The van der Waals surface area contributed by atoms with Crippen LogP contribution >= 0.6 is 0 Å². The molecule has 0 saturated heterocycles. The fourth-order valence-corrected chi connectivity index (χ4v) is 1.86. The zero-order chi connectivity index (χ0) is 11.0. The van der Waals surface area contributed by atoms with Gasteiger partial charge in [0.2, 0.25) is 0 Å². The van der Waals surface area contributed by atoms with E-state index in [1.807, 2.05) is 24.3 Å². The number of benzene rings is 1. The van der Waals surface area contributed by atoms with Crippen molar-refractivity contribution in [2.24, 2.45) is 0 Å². The van der Waals surface area contributed by atoms with Gasteiger partial charge in [-0.3, -0.25) is 0 Å². The molecule has 0 radical (unpaired) electrons. The molecule has 1 aromatic heterocycles. The molecule has 0 unspecified atom stereocenters. The molecule has 3 rings (SSSR count). The smallest absolute Gasteiger partial charge is 0.258 e. The summed E-state index contributed by atoms with van der Waals surface area (Å²) >= 11 is 0. The zero-order valence-electron chi connectivity index (χ0n) is 8.89. The molecule has 0 aliphatic heterocycles. The summed E-state index contributed by atoms with van der Waals surface area (Å²) in [6.07, 6.45) is 3.62. The summed E-state index contributed by atoms with van der Waals surface area (Å²) in [5.41, 5.74) is 7.31. The maximum atomic E-state index is 5.71. The van der Waals surface area contributed by atoms with Gasteiger partial charge in [-0.25, -0.2) is 0 Å². The normalized spacial score (nSPS) is 16.0. The molecule has 1 fully saturated rings. The van der Waals surface area contributed by atoms with Crippen molar-refractivity contribution >= 4 is 5.69 Å². The van der Waals surface area contributed by atoms with Crippen molar-refractivity contribution in [3.8, 4) is 11.5 Å². The predicted molar refractivity (Wildman–Crippen MR) is 60.7 cm³/mol. The van der Waals surface area contributed by atoms with Crippen LogP contribution in [0, 0.1) is 0 Å². The topological polar surface area (TPSA) is 64.9 Å². The maximum absolute atomic E-state index is 5.71. The van der Waals surface area contributed by atoms with E-state index in [4.69, 9.17) is 10.3 Å². The Morgan fingerprint density at radius 3 is 2.88 bits per heavy atom. The molecule has 4 heteroatoms. The molecule has 2 N–H and O–H groups in total. The number of hydrogen-bond donors (Lipinski definition) is 1. The van der Waals surface area contributed by atoms with Crippen LogP contribution in [0.1, 0.15) is 31.0 Å². The maximum Gasteiger partial charge on any atom is 0.258 e. The Hall–Kier alpha value is -1.84. The highest BCUT2D eigenvalue weighted by Gasteiger charge is 2.24. The van der Waals surface area contributed by atoms with Gasteiger partial charge in [0.1, 0.15) is 0 Å². The van der Waals surface area contributed by atoms with Gasteiger partial charge in [-0.15, -0.1) is 0 Å². The lowest BCUT2D eigenvalue weighted by Gasteiger charge is -2.20. The molecule has 0 atom stereocenters. The first-order valence-corrected chi connectivity index (χ1v) is 5.52. The van der Waals surface area contributed by atoms with Crippen LogP contribution in [-0.2, 0) is 0 Å². The molecule has 4 nitrogen and oxygen atoms in total. The van der Waals surface area contributed by atoms with Gasteiger partial charge in [0.15, 0.2) is 5.82 Å². The van der Waals surface area contributed by atoms with E-state index in [2.05, 4.69) is 10.1 Å². The molecule has 16 heavy (non-hydrogen) atoms. The van der Waals surface area contributed by atoms with E-state index in [-0.39, 0.29) is 0 Å². The van der Waals surface area contributed by atoms with Crippen molar-refractivity contribution in [1.82, 2.24) is 10.1 Å². The van der Waals surface area contributed by atoms with E-state index in [9.17, 15) is 0 Å². The molecule has 1 heterocycles. The number of nitrogens with zero attached hydrogens (tertiary/aromatic N) is 2. The van der Waals surface area contributed by atoms with Crippen molar-refractivity contribution < 1.29 is 4.52 Å². The van der Waals surface area contributed by atoms with Crippen LogP contribution in [-0.4, -0.2) is 10.1 Å². The zero-order valence-corrected chi connectivity index (χ0v) is 8.89. The third-order valence-corrected chi connectivity index (χ3v) is 3.05. The molecular formula is C12H13N3O. The van der Waals surface area contributed by atoms with Gasteiger partial charge in [-0.2, -0.15) is 4.98 Å². The second kappa shape index (κ2) is 3.63. The van der Waals surface area contributed by atoms with Crippen LogP contribution < -0.4 is 5.73 Å². The summed E-state index contributed by atoms with van der Waals surface area (Å²) in [4.78, 5) is 4.41. The van der Waals surface area contributed by atoms with Gasteiger partial charge < -0.3 is 10.3 Å². The number of rotatable bonds is 2. The average Bonchev–Trinajstić information content (AvgIpc) is 2.64. The molecule has 0 amide bonds. The molecular weight excluding hydrogens is 202 g/mol. The Balaban J connectivity index is 1.91. The summed E-state index contributed by atoms with van der Waals surface area (Å²) in [5, 5.41) is 4.02. The van der Waals surface area contributed by atoms with Gasteiger partial charge in [-0.1, -0.05) is 17.6 Å². The van der Waals surface area contributed by atoms with Crippen molar-refractivity contribution in [2.75, 3.05) is 5.73 Å². The van der Waals surface area contributed by atoms with E-state index in [0.717, 1.165) is 11.4 Å². The molecule has 1 saturated carbocycles. The van der Waals surface area contributed by atoms with Crippen LogP contribution in [0.15, 0.2) is 28.8 Å². The Labute approximate surface area is 93.5 Å². The molecule has 1 aliphatic carbocycles. The van der Waals surface area contributed by atoms with E-state index >= 15 is 0 Å². The summed E-state index contributed by atoms with van der Waals surface area (Å²) in [6, 6.07) is 7.50. The first kappa shape index (κ1) is 9.39. The first-order valence-electron chi connectivity index (χ1n) is 5.52. The van der Waals surface area contributed by atoms with Crippen LogP contribution in [0.5, 0.6) is 0 Å². The largest absolute Gasteiger partial charge is 0.399 e. The Kier molecular flexibility index (Phi) is 2.13. The van der Waals surface area contributed by atoms with E-state index in [1.54, 1.807) is 0 Å². The quantitative estimate of drug-likeness (QED) is 0.782. The fourth-order valence-electron chi connectivity index (χ4n) is 1.86. The monoisotopic (exact) mass is 215 g/mol. The predicted octanol–water partition coefficient (Wildman–Crippen LogP) is 2.59. The highest BCUT2D eigenvalue weighted by Crippen LogP contribution is 2.35. The Morgan fingerprint density at radius 1 is 1.31 bits per heavy atom. The van der Waals surface area contributed by atoms with E-state index in [0.29, 0.717) is 17.5 Å². The van der Waals surface area contributed by atoms with Crippen molar-refractivity contribution in [2.45, 2.75) is 25.2 Å². The third kappa shape index (κ3) is 1.56. The summed E-state index contributed by atoms with van der Waals surface area (Å²) in [6.45, 7) is 0. The fraction of sp³-hybridized carbons (Fsp3) is 0.333. The minimum Gasteiger partial charge on any atom is -0.399 e. The first-order chi connectivity index (χ1) is 7.83. The van der Waals surface area contributed by atoms with Crippen LogP contribution in [0.4, 0.5) is 5.69 Å². The third-order valence-electron chi connectivity index (χ3n) is 3.05. The van der Waals surface area contributed by atoms with Crippen LogP contribution in [0.2, 0.25) is 0 Å². The number of aromatic nitrogens is 2. The second-order valence-electron chi connectivity index (χ2n) is 4.21. The lowest BCUT2D eigenvalue weighted by molar-refractivity contribution is 0.366. The SMILES string of the molecule is Nc1cccc(-c2nc(C3CCC3)no2)c1. The lowest BCUT2D eigenvalue weighted by Crippen LogP contribution is -2.10. The van der Waals surface area contributed by atoms with Gasteiger partial charge in [0.25, 0.3) is 5.89 Å². The molecule has 1 aromatic carbocycles. The van der Waals surface area contributed by atoms with Gasteiger partial charge in [0, 0.05) is 17.2 Å². The molecule has 2 aromatic rings. The van der Waals surface area contributed by atoms with Gasteiger partial charge in [-0.05, 0) is 31.0 Å². The van der Waals surface area contributed by atoms with E-state index < -0.39 is 0 Å². The molecule has 1 aliphatic rings. The van der Waals surface area contributed by atoms with Crippen molar-refractivity contribution in [3.63, 3.8) is 0 Å². The minimum atomic E-state index is 0.499. The molecule has 82 valence electrons. The van der Waals surface area contributed by atoms with E-state index in [1.165, 1.54) is 19.3 Å². The highest BCUT2D eigenvalue weighted by molar-refractivity contribution is 5.59. The minimum absolute atomic E-state index is 0.499. The molecule has 0 spiro atoms. The Morgan fingerprint density at radius 2 is 2.19 bits per heavy atom. The number of nitrogens with two attached hydrogens (primary N) is 1. The number of anilines is 1. The summed E-state index contributed by atoms with van der Waals surface area (Å²) in [5.74, 6) is 1.90. The number of hydrogen-bond acceptors (Lipinski definition) is 4. The standard InChI is InChI=1S/C12H13N3O/c13-10-6-2-5-9(7-10)12-14-11(15-16-12)8-3-1-4-8/h2,5-8H,1,3-4,13H2. The van der Waals surface area contributed by atoms with Crippen LogP contribution in [0.25, 0.3) is 11.5 Å². The van der Waals surface area contributed by atoms with Gasteiger partial charge >= 0.3 is 0 Å². The number of nitrogen functional groups attached to an aromatic ring is 1.